The van der Waals surface area contributed by atoms with Crippen LogP contribution in [0.5, 0.6) is 0 Å². The van der Waals surface area contributed by atoms with E-state index >= 15 is 0 Å². The largest absolute Gasteiger partial charge is 0.412 e. The molecule has 0 aliphatic heterocycles. The van der Waals surface area contributed by atoms with E-state index in [0.717, 1.165) is 19.3 Å². The van der Waals surface area contributed by atoms with Gasteiger partial charge in [0.2, 0.25) is 0 Å². The first-order valence-corrected chi connectivity index (χ1v) is 4.43. The summed E-state index contributed by atoms with van der Waals surface area (Å²) >= 11 is 0. The van der Waals surface area contributed by atoms with Crippen LogP contribution in [0.1, 0.15) is 46.5 Å². The van der Waals surface area contributed by atoms with Crippen molar-refractivity contribution >= 4 is 0 Å². The fourth-order valence-electron chi connectivity index (χ4n) is 1.36. The van der Waals surface area contributed by atoms with Gasteiger partial charge in [0.05, 0.1) is 0 Å². The van der Waals surface area contributed by atoms with Crippen LogP contribution in [0.3, 0.4) is 0 Å². The van der Waals surface area contributed by atoms with Gasteiger partial charge in [0.25, 0.3) is 0 Å². The summed E-state index contributed by atoms with van der Waals surface area (Å²) in [7, 11) is 0. The van der Waals surface area contributed by atoms with Gasteiger partial charge in [-0.3, -0.25) is 0 Å². The molecule has 0 spiro atoms. The molecule has 2 N–H and O–H groups in total. The molecule has 0 aromatic rings. The molecular weight excluding hydrogens is 143 g/mol. The third-order valence-corrected chi connectivity index (χ3v) is 1.87. The SMILES string of the molecule is CC.C[C@@H]1CCCC(F)C1.O. The Morgan fingerprint density at radius 2 is 1.73 bits per heavy atom. The van der Waals surface area contributed by atoms with E-state index < -0.39 is 6.17 Å². The zero-order chi connectivity index (χ0) is 7.98. The average Bonchev–Trinajstić information content (AvgIpc) is 1.91. The van der Waals surface area contributed by atoms with E-state index in [0.29, 0.717) is 5.92 Å². The van der Waals surface area contributed by atoms with Gasteiger partial charge in [0, 0.05) is 0 Å². The predicted octanol–water partition coefficient (Wildman–Crippen LogP) is 2.74. The van der Waals surface area contributed by atoms with Crippen molar-refractivity contribution in [3.8, 4) is 0 Å². The molecule has 1 aliphatic carbocycles. The van der Waals surface area contributed by atoms with Crippen molar-refractivity contribution < 1.29 is 9.87 Å². The van der Waals surface area contributed by atoms with Crippen molar-refractivity contribution in [2.45, 2.75) is 52.6 Å². The summed E-state index contributed by atoms with van der Waals surface area (Å²) < 4.78 is 12.4. The number of hydrogen-bond donors (Lipinski definition) is 0. The molecule has 0 aromatic carbocycles. The van der Waals surface area contributed by atoms with Crippen LogP contribution in [-0.4, -0.2) is 11.6 Å². The fourth-order valence-corrected chi connectivity index (χ4v) is 1.36. The highest BCUT2D eigenvalue weighted by atomic mass is 19.1. The lowest BCUT2D eigenvalue weighted by molar-refractivity contribution is 0.208. The molecule has 1 nitrogen and oxygen atoms in total. The summed E-state index contributed by atoms with van der Waals surface area (Å²) in [5.41, 5.74) is 0. The molecular formula is C9H21FO. The summed E-state index contributed by atoms with van der Waals surface area (Å²) in [4.78, 5) is 0. The van der Waals surface area contributed by atoms with Gasteiger partial charge in [-0.2, -0.15) is 0 Å². The molecule has 1 fully saturated rings. The Hall–Kier alpha value is -0.110. The first-order chi connectivity index (χ1) is 4.79. The second kappa shape index (κ2) is 7.99. The van der Waals surface area contributed by atoms with Gasteiger partial charge >= 0.3 is 0 Å². The molecule has 0 saturated heterocycles. The summed E-state index contributed by atoms with van der Waals surface area (Å²) in [6.07, 6.45) is 3.46. The molecule has 0 heterocycles. The van der Waals surface area contributed by atoms with Gasteiger partial charge in [-0.15, -0.1) is 0 Å². The van der Waals surface area contributed by atoms with Gasteiger partial charge in [-0.25, -0.2) is 4.39 Å². The predicted molar refractivity (Wildman–Crippen MR) is 47.5 cm³/mol. The van der Waals surface area contributed by atoms with Crippen molar-refractivity contribution in [3.63, 3.8) is 0 Å². The van der Waals surface area contributed by atoms with Crippen molar-refractivity contribution in [1.29, 1.82) is 0 Å². The van der Waals surface area contributed by atoms with Gasteiger partial charge in [0.1, 0.15) is 6.17 Å². The van der Waals surface area contributed by atoms with Gasteiger partial charge in [-0.05, 0) is 18.8 Å². The smallest absolute Gasteiger partial charge is 0.100 e. The maximum atomic E-state index is 12.4. The highest BCUT2D eigenvalue weighted by molar-refractivity contribution is 4.68. The highest BCUT2D eigenvalue weighted by Gasteiger charge is 2.16. The number of hydrogen-bond acceptors (Lipinski definition) is 0. The highest BCUT2D eigenvalue weighted by Crippen LogP contribution is 2.25. The summed E-state index contributed by atoms with van der Waals surface area (Å²) in [5, 5.41) is 0. The molecule has 0 amide bonds. The first kappa shape index (κ1) is 13.5. The van der Waals surface area contributed by atoms with Crippen LogP contribution in [0.2, 0.25) is 0 Å². The van der Waals surface area contributed by atoms with Crippen molar-refractivity contribution in [2.24, 2.45) is 5.92 Å². The minimum atomic E-state index is -0.487. The Morgan fingerprint density at radius 1 is 1.18 bits per heavy atom. The standard InChI is InChI=1S/C7H13F.C2H6.H2O/c1-6-3-2-4-7(8)5-6;1-2;/h6-7H,2-5H2,1H3;1-2H3;1H2/t6-,7?;;/m1../s1. The molecule has 11 heavy (non-hydrogen) atoms. The Morgan fingerprint density at radius 3 is 2.00 bits per heavy atom. The Balaban J connectivity index is 0. The first-order valence-electron chi connectivity index (χ1n) is 4.43. The van der Waals surface area contributed by atoms with Crippen molar-refractivity contribution in [3.05, 3.63) is 0 Å². The van der Waals surface area contributed by atoms with Crippen LogP contribution in [0, 0.1) is 5.92 Å². The van der Waals surface area contributed by atoms with Crippen LogP contribution in [0.15, 0.2) is 0 Å². The van der Waals surface area contributed by atoms with E-state index in [1.807, 2.05) is 13.8 Å². The molecule has 70 valence electrons. The molecule has 1 unspecified atom stereocenters. The van der Waals surface area contributed by atoms with Crippen LogP contribution < -0.4 is 0 Å². The molecule has 0 bridgehead atoms. The van der Waals surface area contributed by atoms with Crippen molar-refractivity contribution in [1.82, 2.24) is 0 Å². The topological polar surface area (TPSA) is 31.5 Å². The third-order valence-electron chi connectivity index (χ3n) is 1.87. The van der Waals surface area contributed by atoms with Crippen LogP contribution >= 0.6 is 0 Å². The Bertz CT molecular complexity index is 68.0. The normalized spacial score (nSPS) is 29.5. The second-order valence-corrected chi connectivity index (χ2v) is 2.87. The average molecular weight is 164 g/mol. The Kier molecular flexibility index (Phi) is 9.79. The van der Waals surface area contributed by atoms with Crippen LogP contribution in [0.25, 0.3) is 0 Å². The third kappa shape index (κ3) is 6.29. The van der Waals surface area contributed by atoms with Gasteiger partial charge in [-0.1, -0.05) is 33.6 Å². The molecule has 1 saturated carbocycles. The Labute approximate surface area is 69.3 Å². The summed E-state index contributed by atoms with van der Waals surface area (Å²) in [6.45, 7) is 6.13. The molecule has 0 radical (unpaired) electrons. The minimum absolute atomic E-state index is 0. The van der Waals surface area contributed by atoms with Crippen LogP contribution in [-0.2, 0) is 0 Å². The number of alkyl halides is 1. The van der Waals surface area contributed by atoms with Gasteiger partial charge in [0.15, 0.2) is 0 Å². The van der Waals surface area contributed by atoms with E-state index in [-0.39, 0.29) is 5.48 Å². The lowest BCUT2D eigenvalue weighted by Crippen LogP contribution is -2.12. The zero-order valence-electron chi connectivity index (χ0n) is 7.86. The van der Waals surface area contributed by atoms with E-state index in [2.05, 4.69) is 6.92 Å². The minimum Gasteiger partial charge on any atom is -0.412 e. The van der Waals surface area contributed by atoms with E-state index in [1.54, 1.807) is 0 Å². The molecule has 0 aromatic heterocycles. The van der Waals surface area contributed by atoms with Crippen LogP contribution in [0.4, 0.5) is 4.39 Å². The summed E-state index contributed by atoms with van der Waals surface area (Å²) in [5.74, 6) is 0.638. The second-order valence-electron chi connectivity index (χ2n) is 2.87. The monoisotopic (exact) mass is 164 g/mol. The quantitative estimate of drug-likeness (QED) is 0.527. The molecule has 2 atom stereocenters. The molecule has 2 heteroatoms. The van der Waals surface area contributed by atoms with E-state index in [1.165, 1.54) is 6.42 Å². The zero-order valence-corrected chi connectivity index (χ0v) is 7.86. The van der Waals surface area contributed by atoms with E-state index in [9.17, 15) is 4.39 Å². The molecule has 1 rings (SSSR count). The molecule has 1 aliphatic rings. The van der Waals surface area contributed by atoms with Crippen molar-refractivity contribution in [2.75, 3.05) is 0 Å². The number of rotatable bonds is 0. The maximum Gasteiger partial charge on any atom is 0.100 e. The number of halogens is 1. The van der Waals surface area contributed by atoms with E-state index in [4.69, 9.17) is 0 Å². The summed E-state index contributed by atoms with van der Waals surface area (Å²) in [6, 6.07) is 0. The van der Waals surface area contributed by atoms with Gasteiger partial charge < -0.3 is 5.48 Å². The maximum absolute atomic E-state index is 12.4. The lowest BCUT2D eigenvalue weighted by atomic mass is 9.90. The lowest BCUT2D eigenvalue weighted by Gasteiger charge is -2.20. The fraction of sp³-hybridized carbons (Fsp3) is 1.00.